The van der Waals surface area contributed by atoms with Gasteiger partial charge in [-0.1, -0.05) is 6.07 Å². The SMILES string of the molecule is CCOc1cccc(N)c1C(=O)c1ccc(OC)cc1F. The molecule has 0 heterocycles. The van der Waals surface area contributed by atoms with Gasteiger partial charge in [-0.15, -0.1) is 0 Å². The van der Waals surface area contributed by atoms with Crippen LogP contribution in [0, 0.1) is 5.82 Å². The summed E-state index contributed by atoms with van der Waals surface area (Å²) in [6, 6.07) is 8.95. The van der Waals surface area contributed by atoms with Crippen LogP contribution in [-0.4, -0.2) is 19.5 Å². The molecule has 0 amide bonds. The van der Waals surface area contributed by atoms with Gasteiger partial charge in [0, 0.05) is 11.8 Å². The van der Waals surface area contributed by atoms with Gasteiger partial charge >= 0.3 is 0 Å². The molecule has 2 rings (SSSR count). The van der Waals surface area contributed by atoms with Crippen molar-refractivity contribution in [3.63, 3.8) is 0 Å². The summed E-state index contributed by atoms with van der Waals surface area (Å²) in [6.07, 6.45) is 0. The largest absolute Gasteiger partial charge is 0.497 e. The molecule has 5 heteroatoms. The zero-order chi connectivity index (χ0) is 15.4. The highest BCUT2D eigenvalue weighted by molar-refractivity contribution is 6.14. The third-order valence-electron chi connectivity index (χ3n) is 3.01. The van der Waals surface area contributed by atoms with Crippen molar-refractivity contribution in [1.82, 2.24) is 0 Å². The van der Waals surface area contributed by atoms with Crippen molar-refractivity contribution in [2.24, 2.45) is 0 Å². The fourth-order valence-electron chi connectivity index (χ4n) is 2.01. The van der Waals surface area contributed by atoms with Crippen LogP contribution in [0.4, 0.5) is 10.1 Å². The quantitative estimate of drug-likeness (QED) is 0.679. The first-order chi connectivity index (χ1) is 10.1. The zero-order valence-electron chi connectivity index (χ0n) is 11.9. The van der Waals surface area contributed by atoms with Gasteiger partial charge in [-0.3, -0.25) is 4.79 Å². The van der Waals surface area contributed by atoms with Gasteiger partial charge < -0.3 is 15.2 Å². The van der Waals surface area contributed by atoms with Crippen LogP contribution in [0.15, 0.2) is 36.4 Å². The second-order valence-corrected chi connectivity index (χ2v) is 4.33. The van der Waals surface area contributed by atoms with Gasteiger partial charge in [0.1, 0.15) is 17.3 Å². The first-order valence-corrected chi connectivity index (χ1v) is 6.48. The molecule has 0 saturated carbocycles. The monoisotopic (exact) mass is 289 g/mol. The Balaban J connectivity index is 2.49. The molecule has 0 unspecified atom stereocenters. The lowest BCUT2D eigenvalue weighted by Gasteiger charge is -2.12. The lowest BCUT2D eigenvalue weighted by atomic mass is 10.00. The Kier molecular flexibility index (Phi) is 4.42. The van der Waals surface area contributed by atoms with E-state index >= 15 is 0 Å². The Morgan fingerprint density at radius 3 is 2.67 bits per heavy atom. The molecule has 2 aromatic carbocycles. The number of anilines is 1. The van der Waals surface area contributed by atoms with E-state index in [4.69, 9.17) is 15.2 Å². The Labute approximate surface area is 122 Å². The number of carbonyl (C=O) groups is 1. The summed E-state index contributed by atoms with van der Waals surface area (Å²) in [6.45, 7) is 2.18. The third-order valence-corrected chi connectivity index (χ3v) is 3.01. The zero-order valence-corrected chi connectivity index (χ0v) is 11.9. The lowest BCUT2D eigenvalue weighted by molar-refractivity contribution is 0.103. The fraction of sp³-hybridized carbons (Fsp3) is 0.188. The van der Waals surface area contributed by atoms with Crippen LogP contribution in [0.1, 0.15) is 22.8 Å². The smallest absolute Gasteiger partial charge is 0.201 e. The minimum Gasteiger partial charge on any atom is -0.497 e. The molecule has 0 atom stereocenters. The Bertz CT molecular complexity index is 671. The van der Waals surface area contributed by atoms with E-state index in [-0.39, 0.29) is 16.8 Å². The summed E-state index contributed by atoms with van der Waals surface area (Å²) in [5.74, 6) is -0.491. The van der Waals surface area contributed by atoms with Crippen molar-refractivity contribution in [2.45, 2.75) is 6.92 Å². The van der Waals surface area contributed by atoms with E-state index < -0.39 is 11.6 Å². The number of ketones is 1. The van der Waals surface area contributed by atoms with Crippen molar-refractivity contribution < 1.29 is 18.7 Å². The van der Waals surface area contributed by atoms with Crippen LogP contribution >= 0.6 is 0 Å². The van der Waals surface area contributed by atoms with E-state index in [2.05, 4.69) is 0 Å². The molecule has 0 radical (unpaired) electrons. The van der Waals surface area contributed by atoms with Gasteiger partial charge in [0.15, 0.2) is 0 Å². The van der Waals surface area contributed by atoms with E-state index in [0.29, 0.717) is 18.1 Å². The van der Waals surface area contributed by atoms with Gasteiger partial charge in [-0.25, -0.2) is 4.39 Å². The maximum Gasteiger partial charge on any atom is 0.201 e. The maximum atomic E-state index is 14.0. The van der Waals surface area contributed by atoms with Crippen molar-refractivity contribution in [3.05, 3.63) is 53.3 Å². The molecule has 110 valence electrons. The van der Waals surface area contributed by atoms with Gasteiger partial charge in [0.2, 0.25) is 5.78 Å². The van der Waals surface area contributed by atoms with Crippen LogP contribution < -0.4 is 15.2 Å². The number of hydrogen-bond donors (Lipinski definition) is 1. The van der Waals surface area contributed by atoms with E-state index in [1.165, 1.54) is 19.2 Å². The molecule has 0 bridgehead atoms. The minimum atomic E-state index is -0.662. The number of benzene rings is 2. The molecule has 0 fully saturated rings. The average Bonchev–Trinajstić information content (AvgIpc) is 2.47. The fourth-order valence-corrected chi connectivity index (χ4v) is 2.01. The second-order valence-electron chi connectivity index (χ2n) is 4.33. The van der Waals surface area contributed by atoms with Gasteiger partial charge in [0.25, 0.3) is 0 Å². The predicted molar refractivity (Wildman–Crippen MR) is 78.4 cm³/mol. The topological polar surface area (TPSA) is 61.5 Å². The van der Waals surface area contributed by atoms with Crippen LogP contribution in [0.25, 0.3) is 0 Å². The van der Waals surface area contributed by atoms with Crippen LogP contribution in [0.2, 0.25) is 0 Å². The number of rotatable bonds is 5. The normalized spacial score (nSPS) is 10.2. The molecule has 2 N–H and O–H groups in total. The molecule has 0 spiro atoms. The number of hydrogen-bond acceptors (Lipinski definition) is 4. The molecule has 0 aliphatic rings. The van der Waals surface area contributed by atoms with Crippen molar-refractivity contribution in [2.75, 3.05) is 19.5 Å². The molecular formula is C16H16FNO3. The number of carbonyl (C=O) groups excluding carboxylic acids is 1. The summed E-state index contributed by atoms with van der Waals surface area (Å²) in [4.78, 5) is 12.5. The van der Waals surface area contributed by atoms with Crippen molar-refractivity contribution in [1.29, 1.82) is 0 Å². The van der Waals surface area contributed by atoms with E-state index in [1.54, 1.807) is 25.1 Å². The summed E-state index contributed by atoms with van der Waals surface area (Å²) >= 11 is 0. The second kappa shape index (κ2) is 6.26. The van der Waals surface area contributed by atoms with Gasteiger partial charge in [-0.2, -0.15) is 0 Å². The molecule has 0 aromatic heterocycles. The van der Waals surface area contributed by atoms with E-state index in [0.717, 1.165) is 6.07 Å². The number of nitrogen functional groups attached to an aromatic ring is 1. The highest BCUT2D eigenvalue weighted by atomic mass is 19.1. The van der Waals surface area contributed by atoms with Gasteiger partial charge in [0.05, 0.1) is 24.8 Å². The Hall–Kier alpha value is -2.56. The third kappa shape index (κ3) is 2.97. The molecule has 0 saturated heterocycles. The summed E-state index contributed by atoms with van der Waals surface area (Å²) < 4.78 is 24.4. The van der Waals surface area contributed by atoms with Crippen LogP contribution in [-0.2, 0) is 0 Å². The summed E-state index contributed by atoms with van der Waals surface area (Å²) in [5.41, 5.74) is 6.19. The van der Waals surface area contributed by atoms with E-state index in [1.807, 2.05) is 0 Å². The molecule has 0 aliphatic carbocycles. The molecule has 4 nitrogen and oxygen atoms in total. The summed E-state index contributed by atoms with van der Waals surface area (Å²) in [5, 5.41) is 0. The van der Waals surface area contributed by atoms with Crippen molar-refractivity contribution in [3.8, 4) is 11.5 Å². The number of halogens is 1. The standard InChI is InChI=1S/C16H16FNO3/c1-3-21-14-6-4-5-13(18)15(14)16(19)11-8-7-10(20-2)9-12(11)17/h4-9H,3,18H2,1-2H3. The highest BCUT2D eigenvalue weighted by Crippen LogP contribution is 2.29. The van der Waals surface area contributed by atoms with Crippen molar-refractivity contribution >= 4 is 11.5 Å². The number of ether oxygens (including phenoxy) is 2. The first kappa shape index (κ1) is 14.8. The molecular weight excluding hydrogens is 273 g/mol. The lowest BCUT2D eigenvalue weighted by Crippen LogP contribution is -2.10. The maximum absolute atomic E-state index is 14.0. The minimum absolute atomic E-state index is 0.0744. The Morgan fingerprint density at radius 2 is 2.05 bits per heavy atom. The average molecular weight is 289 g/mol. The van der Waals surface area contributed by atoms with Crippen LogP contribution in [0.3, 0.4) is 0 Å². The van der Waals surface area contributed by atoms with E-state index in [9.17, 15) is 9.18 Å². The molecule has 0 aliphatic heterocycles. The molecule has 21 heavy (non-hydrogen) atoms. The van der Waals surface area contributed by atoms with Crippen LogP contribution in [0.5, 0.6) is 11.5 Å². The predicted octanol–water partition coefficient (Wildman–Crippen LogP) is 3.05. The Morgan fingerprint density at radius 1 is 1.29 bits per heavy atom. The summed E-state index contributed by atoms with van der Waals surface area (Å²) in [7, 11) is 1.43. The number of methoxy groups -OCH3 is 1. The van der Waals surface area contributed by atoms with Gasteiger partial charge in [-0.05, 0) is 31.2 Å². The highest BCUT2D eigenvalue weighted by Gasteiger charge is 2.21. The first-order valence-electron chi connectivity index (χ1n) is 6.48. The number of nitrogens with two attached hydrogens (primary N) is 1. The molecule has 2 aromatic rings.